The Morgan fingerprint density at radius 1 is 1.53 bits per heavy atom. The maximum absolute atomic E-state index is 6.22. The fourth-order valence-electron chi connectivity index (χ4n) is 1.91. The maximum Gasteiger partial charge on any atom is 0.139 e. The first-order valence-corrected chi connectivity index (χ1v) is 5.47. The summed E-state index contributed by atoms with van der Waals surface area (Å²) in [5.41, 5.74) is 8.08. The van der Waals surface area contributed by atoms with Crippen LogP contribution in [-0.4, -0.2) is 13.7 Å². The molecule has 82 valence electrons. The number of rotatable bonds is 1. The van der Waals surface area contributed by atoms with E-state index in [1.54, 1.807) is 7.11 Å². The second-order valence-corrected chi connectivity index (χ2v) is 4.10. The monoisotopic (exact) mass is 226 g/mol. The molecule has 1 aliphatic heterocycles. The lowest BCUT2D eigenvalue weighted by Gasteiger charge is -2.15. The lowest BCUT2D eigenvalue weighted by atomic mass is 10.0. The summed E-state index contributed by atoms with van der Waals surface area (Å²) < 4.78 is 5.17. The fraction of sp³-hybridized carbons (Fsp3) is 0.455. The zero-order chi connectivity index (χ0) is 10.8. The number of anilines is 1. The Labute approximate surface area is 94.6 Å². The minimum atomic E-state index is 0.0680. The Balaban J connectivity index is 2.50. The topological polar surface area (TPSA) is 47.3 Å². The van der Waals surface area contributed by atoms with E-state index in [-0.39, 0.29) is 6.04 Å². The second kappa shape index (κ2) is 4.29. The van der Waals surface area contributed by atoms with Crippen molar-refractivity contribution in [3.05, 3.63) is 22.7 Å². The summed E-state index contributed by atoms with van der Waals surface area (Å²) in [6.45, 7) is 0.910. The predicted molar refractivity (Wildman–Crippen MR) is 62.7 cm³/mol. The van der Waals surface area contributed by atoms with Crippen molar-refractivity contribution in [2.24, 2.45) is 5.73 Å². The van der Waals surface area contributed by atoms with Crippen LogP contribution in [0.3, 0.4) is 0 Å². The van der Waals surface area contributed by atoms with E-state index in [1.165, 1.54) is 0 Å². The maximum atomic E-state index is 6.22. The molecule has 0 bridgehead atoms. The van der Waals surface area contributed by atoms with Gasteiger partial charge in [-0.3, -0.25) is 0 Å². The Hall–Kier alpha value is -0.930. The van der Waals surface area contributed by atoms with E-state index in [2.05, 4.69) is 5.32 Å². The number of nitrogens with two attached hydrogens (primary N) is 1. The molecule has 0 radical (unpaired) electrons. The average molecular weight is 227 g/mol. The number of ether oxygens (including phenoxy) is 1. The average Bonchev–Trinajstić information content (AvgIpc) is 2.42. The van der Waals surface area contributed by atoms with E-state index in [9.17, 15) is 0 Å². The van der Waals surface area contributed by atoms with Gasteiger partial charge in [0, 0.05) is 12.6 Å². The largest absolute Gasteiger partial charge is 0.495 e. The van der Waals surface area contributed by atoms with Crippen LogP contribution in [0.1, 0.15) is 24.4 Å². The van der Waals surface area contributed by atoms with Crippen molar-refractivity contribution in [2.45, 2.75) is 18.9 Å². The molecule has 0 spiro atoms. The van der Waals surface area contributed by atoms with Crippen molar-refractivity contribution < 1.29 is 4.74 Å². The molecule has 0 saturated heterocycles. The molecule has 0 saturated carbocycles. The molecule has 0 aliphatic carbocycles. The van der Waals surface area contributed by atoms with Crippen molar-refractivity contribution >= 4 is 17.3 Å². The van der Waals surface area contributed by atoms with Crippen LogP contribution in [0.5, 0.6) is 5.75 Å². The molecule has 1 atom stereocenters. The van der Waals surface area contributed by atoms with E-state index in [1.807, 2.05) is 12.1 Å². The number of methoxy groups -OCH3 is 1. The first-order chi connectivity index (χ1) is 7.24. The van der Waals surface area contributed by atoms with E-state index in [0.29, 0.717) is 10.8 Å². The number of hydrogen-bond acceptors (Lipinski definition) is 3. The molecule has 0 fully saturated rings. The lowest BCUT2D eigenvalue weighted by Crippen LogP contribution is -2.09. The van der Waals surface area contributed by atoms with Crippen molar-refractivity contribution in [3.63, 3.8) is 0 Å². The predicted octanol–water partition coefficient (Wildman–Crippen LogP) is 2.55. The Morgan fingerprint density at radius 2 is 2.33 bits per heavy atom. The highest BCUT2D eigenvalue weighted by atomic mass is 35.5. The standard InChI is InChI=1S/C11H15ClN2O/c1-15-9-5-4-7-8(13)3-2-6-14-11(7)10(9)12/h4-5,8,14H,2-3,6,13H2,1H3. The summed E-state index contributed by atoms with van der Waals surface area (Å²) in [5.74, 6) is 0.692. The lowest BCUT2D eigenvalue weighted by molar-refractivity contribution is 0.415. The van der Waals surface area contributed by atoms with Gasteiger partial charge in [-0.15, -0.1) is 0 Å². The number of benzene rings is 1. The van der Waals surface area contributed by atoms with Gasteiger partial charge in [0.15, 0.2) is 0 Å². The van der Waals surface area contributed by atoms with Gasteiger partial charge in [0.1, 0.15) is 10.8 Å². The SMILES string of the molecule is COc1ccc2c(c1Cl)NCCCC2N. The van der Waals surface area contributed by atoms with Crippen molar-refractivity contribution in [3.8, 4) is 5.75 Å². The molecule has 1 aromatic carbocycles. The summed E-state index contributed by atoms with van der Waals surface area (Å²) in [6.07, 6.45) is 2.05. The zero-order valence-electron chi connectivity index (χ0n) is 8.72. The summed E-state index contributed by atoms with van der Waals surface area (Å²) in [4.78, 5) is 0. The van der Waals surface area contributed by atoms with Crippen molar-refractivity contribution in [1.29, 1.82) is 0 Å². The highest BCUT2D eigenvalue weighted by Crippen LogP contribution is 2.39. The summed E-state index contributed by atoms with van der Waals surface area (Å²) >= 11 is 6.22. The van der Waals surface area contributed by atoms with Gasteiger partial charge in [-0.25, -0.2) is 0 Å². The number of nitrogens with one attached hydrogen (secondary N) is 1. The summed E-state index contributed by atoms with van der Waals surface area (Å²) in [5, 5.41) is 3.94. The second-order valence-electron chi connectivity index (χ2n) is 3.72. The number of halogens is 1. The molecule has 4 heteroatoms. The van der Waals surface area contributed by atoms with Crippen LogP contribution >= 0.6 is 11.6 Å². The minimum absolute atomic E-state index is 0.0680. The molecule has 1 aliphatic rings. The van der Waals surface area contributed by atoms with Crippen LogP contribution in [0.2, 0.25) is 5.02 Å². The van der Waals surface area contributed by atoms with E-state index < -0.39 is 0 Å². The van der Waals surface area contributed by atoms with Gasteiger partial charge in [0.2, 0.25) is 0 Å². The van der Waals surface area contributed by atoms with Crippen LogP contribution in [0.4, 0.5) is 5.69 Å². The number of hydrogen-bond donors (Lipinski definition) is 2. The van der Waals surface area contributed by atoms with Crippen LogP contribution in [0.25, 0.3) is 0 Å². The Bertz CT molecular complexity index is 368. The third-order valence-electron chi connectivity index (χ3n) is 2.75. The summed E-state index contributed by atoms with van der Waals surface area (Å²) in [6, 6.07) is 3.93. The quantitative estimate of drug-likeness (QED) is 0.774. The molecular weight excluding hydrogens is 212 g/mol. The number of fused-ring (bicyclic) bond motifs is 1. The molecular formula is C11H15ClN2O. The Kier molecular flexibility index (Phi) is 3.03. The molecule has 2 rings (SSSR count). The van der Waals surface area contributed by atoms with E-state index >= 15 is 0 Å². The third-order valence-corrected chi connectivity index (χ3v) is 3.13. The van der Waals surface area contributed by atoms with Gasteiger partial charge >= 0.3 is 0 Å². The van der Waals surface area contributed by atoms with Gasteiger partial charge in [0.05, 0.1) is 12.8 Å². The molecule has 3 nitrogen and oxygen atoms in total. The van der Waals surface area contributed by atoms with Crippen LogP contribution in [0, 0.1) is 0 Å². The first-order valence-electron chi connectivity index (χ1n) is 5.10. The highest BCUT2D eigenvalue weighted by Gasteiger charge is 2.19. The normalized spacial score (nSPS) is 20.1. The van der Waals surface area contributed by atoms with Gasteiger partial charge < -0.3 is 15.8 Å². The highest BCUT2D eigenvalue weighted by molar-refractivity contribution is 6.35. The molecule has 0 aromatic heterocycles. The van der Waals surface area contributed by atoms with Gasteiger partial charge in [-0.05, 0) is 24.5 Å². The Morgan fingerprint density at radius 3 is 3.07 bits per heavy atom. The van der Waals surface area contributed by atoms with E-state index in [0.717, 1.165) is 30.6 Å². The fourth-order valence-corrected chi connectivity index (χ4v) is 2.23. The summed E-state index contributed by atoms with van der Waals surface area (Å²) in [7, 11) is 1.62. The first kappa shape index (κ1) is 10.6. The van der Waals surface area contributed by atoms with Crippen molar-refractivity contribution in [1.82, 2.24) is 0 Å². The zero-order valence-corrected chi connectivity index (χ0v) is 9.47. The van der Waals surface area contributed by atoms with Crippen LogP contribution in [-0.2, 0) is 0 Å². The molecule has 1 aromatic rings. The third kappa shape index (κ3) is 1.90. The van der Waals surface area contributed by atoms with E-state index in [4.69, 9.17) is 22.1 Å². The van der Waals surface area contributed by atoms with Gasteiger partial charge in [-0.1, -0.05) is 17.7 Å². The van der Waals surface area contributed by atoms with Crippen molar-refractivity contribution in [2.75, 3.05) is 19.0 Å². The molecule has 1 heterocycles. The van der Waals surface area contributed by atoms with Crippen LogP contribution in [0.15, 0.2) is 12.1 Å². The van der Waals surface area contributed by atoms with Gasteiger partial charge in [-0.2, -0.15) is 0 Å². The minimum Gasteiger partial charge on any atom is -0.495 e. The molecule has 3 N–H and O–H groups in total. The molecule has 0 amide bonds. The van der Waals surface area contributed by atoms with Gasteiger partial charge in [0.25, 0.3) is 0 Å². The van der Waals surface area contributed by atoms with Crippen LogP contribution < -0.4 is 15.8 Å². The molecule has 1 unspecified atom stereocenters. The smallest absolute Gasteiger partial charge is 0.139 e. The molecule has 15 heavy (non-hydrogen) atoms.